The van der Waals surface area contributed by atoms with Gasteiger partial charge in [-0.15, -0.1) is 0 Å². The lowest BCUT2D eigenvalue weighted by Crippen LogP contribution is -2.09. The highest BCUT2D eigenvalue weighted by molar-refractivity contribution is 7.86. The molecule has 0 aliphatic rings. The molecule has 5 nitrogen and oxygen atoms in total. The molecule has 0 saturated carbocycles. The van der Waals surface area contributed by atoms with Gasteiger partial charge in [-0.1, -0.05) is 12.1 Å². The summed E-state index contributed by atoms with van der Waals surface area (Å²) in [5, 5.41) is -1.01. The van der Waals surface area contributed by atoms with Crippen molar-refractivity contribution in [3.05, 3.63) is 35.4 Å². The molecule has 0 radical (unpaired) electrons. The second-order valence-corrected chi connectivity index (χ2v) is 5.01. The van der Waals surface area contributed by atoms with E-state index in [2.05, 4.69) is 4.74 Å². The molecule has 1 unspecified atom stereocenters. The van der Waals surface area contributed by atoms with E-state index in [0.717, 1.165) is 0 Å². The van der Waals surface area contributed by atoms with Crippen LogP contribution in [-0.4, -0.2) is 26.0 Å². The molecule has 0 aromatic heterocycles. The summed E-state index contributed by atoms with van der Waals surface area (Å²) in [4.78, 5) is 11.1. The summed E-state index contributed by atoms with van der Waals surface area (Å²) in [6.07, 6.45) is 0. The van der Waals surface area contributed by atoms with Crippen LogP contribution < -0.4 is 0 Å². The maximum atomic E-state index is 11.1. The van der Waals surface area contributed by atoms with Gasteiger partial charge in [-0.05, 0) is 24.6 Å². The van der Waals surface area contributed by atoms with Crippen molar-refractivity contribution >= 4 is 16.1 Å². The number of carbonyl (C=O) groups excluding carboxylic acids is 1. The van der Waals surface area contributed by atoms with Crippen molar-refractivity contribution in [2.45, 2.75) is 12.2 Å². The molecule has 88 valence electrons. The van der Waals surface area contributed by atoms with Gasteiger partial charge in [0.05, 0.1) is 12.7 Å². The van der Waals surface area contributed by atoms with E-state index in [0.29, 0.717) is 11.1 Å². The Kier molecular flexibility index (Phi) is 3.66. The first-order valence-electron chi connectivity index (χ1n) is 4.51. The van der Waals surface area contributed by atoms with Gasteiger partial charge >= 0.3 is 5.97 Å². The third kappa shape index (κ3) is 2.80. The molecule has 16 heavy (non-hydrogen) atoms. The molecule has 1 atom stereocenters. The van der Waals surface area contributed by atoms with Crippen molar-refractivity contribution in [3.8, 4) is 0 Å². The van der Waals surface area contributed by atoms with Crippen LogP contribution in [0.3, 0.4) is 0 Å². The molecule has 0 saturated heterocycles. The Morgan fingerprint density at radius 3 is 2.19 bits per heavy atom. The number of ether oxygens (including phenoxy) is 1. The molecule has 6 heteroatoms. The van der Waals surface area contributed by atoms with Crippen molar-refractivity contribution in [2.24, 2.45) is 0 Å². The minimum atomic E-state index is -4.11. The monoisotopic (exact) mass is 244 g/mol. The zero-order valence-corrected chi connectivity index (χ0v) is 9.69. The van der Waals surface area contributed by atoms with Crippen molar-refractivity contribution < 1.29 is 22.5 Å². The highest BCUT2D eigenvalue weighted by Crippen LogP contribution is 2.20. The first-order valence-corrected chi connectivity index (χ1v) is 6.01. The van der Waals surface area contributed by atoms with E-state index in [9.17, 15) is 13.2 Å². The highest BCUT2D eigenvalue weighted by atomic mass is 32.2. The summed E-state index contributed by atoms with van der Waals surface area (Å²) in [6.45, 7) is 1.36. The molecule has 0 fully saturated rings. The van der Waals surface area contributed by atoms with Crippen LogP contribution in [0.25, 0.3) is 0 Å². The summed E-state index contributed by atoms with van der Waals surface area (Å²) < 4.78 is 35.1. The fourth-order valence-corrected chi connectivity index (χ4v) is 1.68. The molecule has 0 bridgehead atoms. The average molecular weight is 244 g/mol. The summed E-state index contributed by atoms with van der Waals surface area (Å²) in [5.74, 6) is -0.494. The summed E-state index contributed by atoms with van der Waals surface area (Å²) in [5.41, 5.74) is 0.740. The van der Waals surface area contributed by atoms with Gasteiger partial charge in [0.15, 0.2) is 0 Å². The molecule has 0 heterocycles. The van der Waals surface area contributed by atoms with E-state index in [-0.39, 0.29) is 0 Å². The number of benzene rings is 1. The van der Waals surface area contributed by atoms with Crippen LogP contribution in [0.5, 0.6) is 0 Å². The lowest BCUT2D eigenvalue weighted by Gasteiger charge is -2.08. The molecule has 1 aromatic carbocycles. The Balaban J connectivity index is 3.00. The van der Waals surface area contributed by atoms with Gasteiger partial charge in [-0.3, -0.25) is 4.55 Å². The smallest absolute Gasteiger partial charge is 0.337 e. The first-order chi connectivity index (χ1) is 7.36. The van der Waals surface area contributed by atoms with Crippen LogP contribution >= 0.6 is 0 Å². The summed E-state index contributed by atoms with van der Waals surface area (Å²) in [6, 6.07) is 5.82. The third-order valence-electron chi connectivity index (χ3n) is 2.25. The number of methoxy groups -OCH3 is 1. The second-order valence-electron chi connectivity index (χ2n) is 3.27. The SMILES string of the molecule is COC(=O)c1ccc(C(C)S(=O)(=O)O)cc1. The minimum Gasteiger partial charge on any atom is -0.465 e. The van der Waals surface area contributed by atoms with Gasteiger partial charge in [0.2, 0.25) is 0 Å². The van der Waals surface area contributed by atoms with Gasteiger partial charge in [-0.2, -0.15) is 8.42 Å². The van der Waals surface area contributed by atoms with Gasteiger partial charge in [0.25, 0.3) is 10.1 Å². The summed E-state index contributed by atoms with van der Waals surface area (Å²) in [7, 11) is -2.85. The Morgan fingerprint density at radius 2 is 1.81 bits per heavy atom. The van der Waals surface area contributed by atoms with Crippen LogP contribution in [-0.2, 0) is 14.9 Å². The van der Waals surface area contributed by atoms with Gasteiger partial charge < -0.3 is 4.74 Å². The number of hydrogen-bond acceptors (Lipinski definition) is 4. The van der Waals surface area contributed by atoms with Crippen LogP contribution in [0.15, 0.2) is 24.3 Å². The average Bonchev–Trinajstić information content (AvgIpc) is 2.26. The number of rotatable bonds is 3. The van der Waals surface area contributed by atoms with Crippen LogP contribution in [0.2, 0.25) is 0 Å². The fourth-order valence-electron chi connectivity index (χ4n) is 1.18. The standard InChI is InChI=1S/C10H12O5S/c1-7(16(12,13)14)8-3-5-9(6-4-8)10(11)15-2/h3-7H,1-2H3,(H,12,13,14). The highest BCUT2D eigenvalue weighted by Gasteiger charge is 2.19. The minimum absolute atomic E-state index is 0.328. The predicted molar refractivity (Wildman–Crippen MR) is 57.7 cm³/mol. The van der Waals surface area contributed by atoms with Gasteiger partial charge in [-0.25, -0.2) is 4.79 Å². The Morgan fingerprint density at radius 1 is 1.31 bits per heavy atom. The normalized spacial score (nSPS) is 13.2. The van der Waals surface area contributed by atoms with E-state index in [4.69, 9.17) is 4.55 Å². The Hall–Kier alpha value is -1.40. The van der Waals surface area contributed by atoms with E-state index >= 15 is 0 Å². The largest absolute Gasteiger partial charge is 0.465 e. The lowest BCUT2D eigenvalue weighted by atomic mass is 10.1. The van der Waals surface area contributed by atoms with Crippen molar-refractivity contribution in [1.29, 1.82) is 0 Å². The molecule has 1 aromatic rings. The molecular weight excluding hydrogens is 232 g/mol. The van der Waals surface area contributed by atoms with E-state index in [1.807, 2.05) is 0 Å². The second kappa shape index (κ2) is 4.63. The van der Waals surface area contributed by atoms with Crippen molar-refractivity contribution in [2.75, 3.05) is 7.11 Å². The van der Waals surface area contributed by atoms with Crippen molar-refractivity contribution in [3.63, 3.8) is 0 Å². The first kappa shape index (κ1) is 12.7. The zero-order chi connectivity index (χ0) is 12.3. The third-order valence-corrected chi connectivity index (χ3v) is 3.41. The van der Waals surface area contributed by atoms with Crippen molar-refractivity contribution in [1.82, 2.24) is 0 Å². The lowest BCUT2D eigenvalue weighted by molar-refractivity contribution is 0.0600. The van der Waals surface area contributed by atoms with Crippen LogP contribution in [0.1, 0.15) is 28.1 Å². The molecule has 1 rings (SSSR count). The quantitative estimate of drug-likeness (QED) is 0.642. The maximum Gasteiger partial charge on any atom is 0.337 e. The topological polar surface area (TPSA) is 80.7 Å². The van der Waals surface area contributed by atoms with E-state index in [1.165, 1.54) is 38.3 Å². The molecule has 0 aliphatic heterocycles. The Bertz CT molecular complexity index is 474. The molecule has 0 spiro atoms. The fraction of sp³-hybridized carbons (Fsp3) is 0.300. The number of carbonyl (C=O) groups is 1. The Labute approximate surface area is 93.8 Å². The molecular formula is C10H12O5S. The number of hydrogen-bond donors (Lipinski definition) is 1. The van der Waals surface area contributed by atoms with Gasteiger partial charge in [0, 0.05) is 0 Å². The summed E-state index contributed by atoms with van der Waals surface area (Å²) >= 11 is 0. The maximum absolute atomic E-state index is 11.1. The zero-order valence-electron chi connectivity index (χ0n) is 8.88. The van der Waals surface area contributed by atoms with E-state index in [1.54, 1.807) is 0 Å². The molecule has 0 amide bonds. The molecule has 1 N–H and O–H groups in total. The predicted octanol–water partition coefficient (Wildman–Crippen LogP) is 1.42. The van der Waals surface area contributed by atoms with Crippen LogP contribution in [0.4, 0.5) is 0 Å². The number of esters is 1. The molecule has 0 aliphatic carbocycles. The van der Waals surface area contributed by atoms with Gasteiger partial charge in [0.1, 0.15) is 5.25 Å². The van der Waals surface area contributed by atoms with Crippen LogP contribution in [0, 0.1) is 0 Å². The van der Waals surface area contributed by atoms with E-state index < -0.39 is 21.3 Å².